The molecule has 0 radical (unpaired) electrons. The van der Waals surface area contributed by atoms with Gasteiger partial charge >= 0.3 is 0 Å². The lowest BCUT2D eigenvalue weighted by atomic mass is 10.0. The van der Waals surface area contributed by atoms with Crippen molar-refractivity contribution in [3.63, 3.8) is 0 Å². The number of furan rings is 1. The van der Waals surface area contributed by atoms with Crippen molar-refractivity contribution in [2.75, 3.05) is 0 Å². The fraction of sp³-hybridized carbons (Fsp3) is 0.167. The van der Waals surface area contributed by atoms with Gasteiger partial charge in [0.2, 0.25) is 5.78 Å². The molecule has 3 rings (SSSR count). The molecular weight excluding hydrogens is 248 g/mol. The summed E-state index contributed by atoms with van der Waals surface area (Å²) in [6, 6.07) is 13.5. The fourth-order valence-corrected chi connectivity index (χ4v) is 2.40. The van der Waals surface area contributed by atoms with E-state index in [2.05, 4.69) is 0 Å². The number of benzene rings is 2. The maximum absolute atomic E-state index is 12.6. The number of hydrogen-bond acceptors (Lipinski definition) is 2. The predicted molar refractivity (Wildman–Crippen MR) is 80.3 cm³/mol. The van der Waals surface area contributed by atoms with Gasteiger partial charge in [0.05, 0.1) is 0 Å². The number of aryl methyl sites for hydroxylation is 3. The van der Waals surface area contributed by atoms with Crippen LogP contribution >= 0.6 is 0 Å². The Hall–Kier alpha value is -2.35. The Morgan fingerprint density at radius 2 is 1.70 bits per heavy atom. The summed E-state index contributed by atoms with van der Waals surface area (Å²) < 4.78 is 5.74. The van der Waals surface area contributed by atoms with Gasteiger partial charge in [0.15, 0.2) is 5.76 Å². The third kappa shape index (κ3) is 1.94. The molecule has 0 aliphatic rings. The summed E-state index contributed by atoms with van der Waals surface area (Å²) in [5.74, 6) is 0.385. The molecule has 2 aromatic carbocycles. The van der Waals surface area contributed by atoms with Crippen LogP contribution in [0.2, 0.25) is 0 Å². The lowest BCUT2D eigenvalue weighted by Gasteiger charge is -2.03. The maximum Gasteiger partial charge on any atom is 0.228 e. The van der Waals surface area contributed by atoms with E-state index in [0.29, 0.717) is 11.3 Å². The van der Waals surface area contributed by atoms with Crippen LogP contribution in [-0.2, 0) is 0 Å². The molecule has 1 aromatic heterocycles. The molecular formula is C18H16O2. The Morgan fingerprint density at radius 1 is 0.950 bits per heavy atom. The SMILES string of the molecule is Cc1ccc(C(=O)c2oc3ccccc3c2C)cc1C. The highest BCUT2D eigenvalue weighted by atomic mass is 16.3. The van der Waals surface area contributed by atoms with E-state index in [0.717, 1.165) is 22.1 Å². The van der Waals surface area contributed by atoms with Crippen LogP contribution in [0.4, 0.5) is 0 Å². The molecule has 3 aromatic rings. The third-order valence-corrected chi connectivity index (χ3v) is 3.82. The van der Waals surface area contributed by atoms with Crippen molar-refractivity contribution in [2.45, 2.75) is 20.8 Å². The Kier molecular flexibility index (Phi) is 2.94. The smallest absolute Gasteiger partial charge is 0.228 e. The largest absolute Gasteiger partial charge is 0.452 e. The average molecular weight is 264 g/mol. The van der Waals surface area contributed by atoms with E-state index in [1.54, 1.807) is 0 Å². The number of para-hydroxylation sites is 1. The van der Waals surface area contributed by atoms with Gasteiger partial charge in [-0.2, -0.15) is 0 Å². The molecule has 0 fully saturated rings. The predicted octanol–water partition coefficient (Wildman–Crippen LogP) is 4.59. The summed E-state index contributed by atoms with van der Waals surface area (Å²) in [7, 11) is 0. The van der Waals surface area contributed by atoms with Gasteiger partial charge in [0.25, 0.3) is 0 Å². The monoisotopic (exact) mass is 264 g/mol. The van der Waals surface area contributed by atoms with Crippen molar-refractivity contribution >= 4 is 16.8 Å². The highest BCUT2D eigenvalue weighted by Crippen LogP contribution is 2.27. The van der Waals surface area contributed by atoms with E-state index >= 15 is 0 Å². The normalized spacial score (nSPS) is 10.9. The zero-order chi connectivity index (χ0) is 14.3. The van der Waals surface area contributed by atoms with Gasteiger partial charge in [0.1, 0.15) is 5.58 Å². The van der Waals surface area contributed by atoms with E-state index in [4.69, 9.17) is 4.42 Å². The lowest BCUT2D eigenvalue weighted by Crippen LogP contribution is -2.02. The average Bonchev–Trinajstić information content (AvgIpc) is 2.79. The minimum absolute atomic E-state index is 0.0539. The van der Waals surface area contributed by atoms with Gasteiger partial charge in [-0.1, -0.05) is 30.3 Å². The van der Waals surface area contributed by atoms with E-state index in [-0.39, 0.29) is 5.78 Å². The Balaban J connectivity index is 2.12. The van der Waals surface area contributed by atoms with Crippen LogP contribution in [0.25, 0.3) is 11.0 Å². The molecule has 0 bridgehead atoms. The molecule has 0 aliphatic heterocycles. The summed E-state index contributed by atoms with van der Waals surface area (Å²) >= 11 is 0. The third-order valence-electron chi connectivity index (χ3n) is 3.82. The van der Waals surface area contributed by atoms with Crippen LogP contribution < -0.4 is 0 Å². The van der Waals surface area contributed by atoms with Crippen LogP contribution in [0.5, 0.6) is 0 Å². The molecule has 0 aliphatic carbocycles. The number of carbonyl (C=O) groups excluding carboxylic acids is 1. The van der Waals surface area contributed by atoms with Crippen molar-refractivity contribution in [1.29, 1.82) is 0 Å². The first-order valence-electron chi connectivity index (χ1n) is 6.68. The summed E-state index contributed by atoms with van der Waals surface area (Å²) in [5.41, 5.74) is 4.64. The standard InChI is InChI=1S/C18H16O2/c1-11-8-9-14(10-12(11)2)17(19)18-13(3)15-6-4-5-7-16(15)20-18/h4-10H,1-3H3. The van der Waals surface area contributed by atoms with Crippen molar-refractivity contribution in [1.82, 2.24) is 0 Å². The topological polar surface area (TPSA) is 30.2 Å². The van der Waals surface area contributed by atoms with Gasteiger partial charge < -0.3 is 4.42 Å². The molecule has 0 N–H and O–H groups in total. The highest BCUT2D eigenvalue weighted by molar-refractivity contribution is 6.10. The Labute approximate surface area is 118 Å². The number of fused-ring (bicyclic) bond motifs is 1. The molecule has 1 heterocycles. The van der Waals surface area contributed by atoms with Crippen LogP contribution in [0.1, 0.15) is 32.8 Å². The zero-order valence-corrected chi connectivity index (χ0v) is 11.9. The van der Waals surface area contributed by atoms with Gasteiger partial charge in [-0.3, -0.25) is 4.79 Å². The molecule has 100 valence electrons. The molecule has 2 nitrogen and oxygen atoms in total. The molecule has 0 saturated heterocycles. The molecule has 0 amide bonds. The summed E-state index contributed by atoms with van der Waals surface area (Å²) in [5, 5.41) is 1.000. The Morgan fingerprint density at radius 3 is 2.40 bits per heavy atom. The molecule has 0 saturated carbocycles. The van der Waals surface area contributed by atoms with Crippen molar-refractivity contribution < 1.29 is 9.21 Å². The van der Waals surface area contributed by atoms with Crippen molar-refractivity contribution in [2.24, 2.45) is 0 Å². The fourth-order valence-electron chi connectivity index (χ4n) is 2.40. The lowest BCUT2D eigenvalue weighted by molar-refractivity contribution is 0.101. The second-order valence-corrected chi connectivity index (χ2v) is 5.18. The first-order chi connectivity index (χ1) is 9.58. The van der Waals surface area contributed by atoms with Gasteiger partial charge in [-0.15, -0.1) is 0 Å². The van der Waals surface area contributed by atoms with E-state index in [1.807, 2.05) is 63.2 Å². The molecule has 2 heteroatoms. The van der Waals surface area contributed by atoms with Crippen LogP contribution in [-0.4, -0.2) is 5.78 Å². The molecule has 0 unspecified atom stereocenters. The summed E-state index contributed by atoms with van der Waals surface area (Å²) in [6.07, 6.45) is 0. The van der Waals surface area contributed by atoms with Gasteiger partial charge in [-0.25, -0.2) is 0 Å². The first-order valence-corrected chi connectivity index (χ1v) is 6.68. The van der Waals surface area contributed by atoms with Crippen LogP contribution in [0.3, 0.4) is 0 Å². The van der Waals surface area contributed by atoms with Crippen LogP contribution in [0.15, 0.2) is 46.9 Å². The van der Waals surface area contributed by atoms with Crippen LogP contribution in [0, 0.1) is 20.8 Å². The number of carbonyl (C=O) groups is 1. The van der Waals surface area contributed by atoms with Crippen molar-refractivity contribution in [3.8, 4) is 0 Å². The Bertz CT molecular complexity index is 809. The number of ketones is 1. The van der Waals surface area contributed by atoms with E-state index in [9.17, 15) is 4.79 Å². The molecule has 0 atom stereocenters. The summed E-state index contributed by atoms with van der Waals surface area (Å²) in [4.78, 5) is 12.6. The van der Waals surface area contributed by atoms with E-state index in [1.165, 1.54) is 5.56 Å². The van der Waals surface area contributed by atoms with Gasteiger partial charge in [0, 0.05) is 16.5 Å². The minimum atomic E-state index is -0.0539. The minimum Gasteiger partial charge on any atom is -0.452 e. The second kappa shape index (κ2) is 4.64. The summed E-state index contributed by atoms with van der Waals surface area (Å²) in [6.45, 7) is 5.98. The van der Waals surface area contributed by atoms with Crippen molar-refractivity contribution in [3.05, 3.63) is 70.5 Å². The molecule has 20 heavy (non-hydrogen) atoms. The first kappa shape index (κ1) is 12.7. The number of rotatable bonds is 2. The number of hydrogen-bond donors (Lipinski definition) is 0. The maximum atomic E-state index is 12.6. The van der Waals surface area contributed by atoms with E-state index < -0.39 is 0 Å². The second-order valence-electron chi connectivity index (χ2n) is 5.18. The molecule has 0 spiro atoms. The highest BCUT2D eigenvalue weighted by Gasteiger charge is 2.19. The van der Waals surface area contributed by atoms with Gasteiger partial charge in [-0.05, 0) is 44.0 Å². The zero-order valence-electron chi connectivity index (χ0n) is 11.9. The quantitative estimate of drug-likeness (QED) is 0.634.